The lowest BCUT2D eigenvalue weighted by atomic mass is 10.0. The summed E-state index contributed by atoms with van der Waals surface area (Å²) in [5.74, 6) is 1.99. The second-order valence-corrected chi connectivity index (χ2v) is 9.27. The fourth-order valence-corrected chi connectivity index (χ4v) is 4.15. The van der Waals surface area contributed by atoms with Crippen LogP contribution in [-0.4, -0.2) is 28.0 Å². The summed E-state index contributed by atoms with van der Waals surface area (Å²) in [6.45, 7) is 9.19. The Labute approximate surface area is 198 Å². The number of fused-ring (bicyclic) bond motifs is 1. The lowest BCUT2D eigenvalue weighted by molar-refractivity contribution is -0.137. The molecule has 5 nitrogen and oxygen atoms in total. The number of benzene rings is 1. The first-order chi connectivity index (χ1) is 16.1. The van der Waals surface area contributed by atoms with E-state index in [0.717, 1.165) is 34.7 Å². The van der Waals surface area contributed by atoms with Crippen LogP contribution in [0.25, 0.3) is 0 Å². The minimum absolute atomic E-state index is 0.0290. The van der Waals surface area contributed by atoms with E-state index in [2.05, 4.69) is 36.3 Å². The van der Waals surface area contributed by atoms with Crippen molar-refractivity contribution in [3.8, 4) is 0 Å². The molecular formula is C26H30F3N5. The van der Waals surface area contributed by atoms with Crippen molar-refractivity contribution in [1.29, 1.82) is 0 Å². The largest absolute Gasteiger partial charge is 0.419 e. The molecule has 0 spiro atoms. The molecule has 0 atom stereocenters. The van der Waals surface area contributed by atoms with Crippen LogP contribution in [0.2, 0.25) is 0 Å². The molecule has 0 saturated carbocycles. The number of rotatable bonds is 5. The molecule has 8 heteroatoms. The van der Waals surface area contributed by atoms with Gasteiger partial charge in [-0.05, 0) is 42.2 Å². The van der Waals surface area contributed by atoms with Gasteiger partial charge in [0.1, 0.15) is 17.5 Å². The fourth-order valence-electron chi connectivity index (χ4n) is 4.15. The zero-order valence-corrected chi connectivity index (χ0v) is 19.9. The molecule has 0 bridgehead atoms. The molecule has 0 unspecified atom stereocenters. The van der Waals surface area contributed by atoms with E-state index in [1.54, 1.807) is 4.90 Å². The van der Waals surface area contributed by atoms with Crippen LogP contribution in [0.4, 0.5) is 30.5 Å². The smallest absolute Gasteiger partial charge is 0.355 e. The van der Waals surface area contributed by atoms with Crippen LogP contribution in [-0.2, 0) is 19.0 Å². The summed E-state index contributed by atoms with van der Waals surface area (Å²) in [4.78, 5) is 15.4. The Morgan fingerprint density at radius 1 is 0.912 bits per heavy atom. The summed E-state index contributed by atoms with van der Waals surface area (Å²) in [7, 11) is 0. The van der Waals surface area contributed by atoms with Crippen LogP contribution in [0.5, 0.6) is 0 Å². The zero-order valence-electron chi connectivity index (χ0n) is 19.9. The molecule has 1 aliphatic heterocycles. The molecule has 180 valence electrons. The van der Waals surface area contributed by atoms with Crippen LogP contribution >= 0.6 is 0 Å². The van der Waals surface area contributed by atoms with Crippen molar-refractivity contribution in [2.24, 2.45) is 0 Å². The molecule has 0 aliphatic carbocycles. The van der Waals surface area contributed by atoms with Crippen LogP contribution < -0.4 is 10.2 Å². The van der Waals surface area contributed by atoms with Gasteiger partial charge in [-0.3, -0.25) is 0 Å². The number of nitrogens with zero attached hydrogens (tertiary/aromatic N) is 4. The second kappa shape index (κ2) is 9.60. The average molecular weight is 470 g/mol. The van der Waals surface area contributed by atoms with E-state index in [4.69, 9.17) is 9.97 Å². The monoisotopic (exact) mass is 469 g/mol. The number of nitrogens with one attached hydrogen (secondary N) is 1. The van der Waals surface area contributed by atoms with Gasteiger partial charge in [0, 0.05) is 42.9 Å². The second-order valence-electron chi connectivity index (χ2n) is 9.27. The molecule has 1 aromatic carbocycles. The van der Waals surface area contributed by atoms with Gasteiger partial charge < -0.3 is 10.2 Å². The van der Waals surface area contributed by atoms with Gasteiger partial charge in [-0.1, -0.05) is 39.8 Å². The lowest BCUT2D eigenvalue weighted by Crippen LogP contribution is -2.29. The summed E-state index contributed by atoms with van der Waals surface area (Å²) in [5, 5.41) is 3.45. The standard InChI is InChI=1S/C26H30F3N5/c1-16(2)18-7-9-19(10-8-18)31-24-20-11-14-34(15-12-22(20)32-23(33-24)17(3)4)25-21(26(27,28)29)6-5-13-30-25/h5-10,13,16-17H,11-12,14-15H2,1-4H3,(H,31,32,33). The van der Waals surface area contributed by atoms with E-state index >= 15 is 0 Å². The van der Waals surface area contributed by atoms with Gasteiger partial charge >= 0.3 is 6.18 Å². The topological polar surface area (TPSA) is 53.9 Å². The molecule has 0 radical (unpaired) electrons. The van der Waals surface area contributed by atoms with Gasteiger partial charge in [-0.15, -0.1) is 0 Å². The number of hydrogen-bond donors (Lipinski definition) is 1. The molecule has 0 amide bonds. The third-order valence-electron chi connectivity index (χ3n) is 6.11. The number of pyridine rings is 1. The highest BCUT2D eigenvalue weighted by molar-refractivity contribution is 5.62. The van der Waals surface area contributed by atoms with Gasteiger partial charge in [-0.2, -0.15) is 13.2 Å². The van der Waals surface area contributed by atoms with Crippen molar-refractivity contribution in [3.63, 3.8) is 0 Å². The third-order valence-corrected chi connectivity index (χ3v) is 6.11. The highest BCUT2D eigenvalue weighted by atomic mass is 19.4. The molecule has 0 fully saturated rings. The van der Waals surface area contributed by atoms with Gasteiger partial charge in [0.05, 0.1) is 11.3 Å². The van der Waals surface area contributed by atoms with Crippen LogP contribution in [0.3, 0.4) is 0 Å². The Kier molecular flexibility index (Phi) is 6.77. The summed E-state index contributed by atoms with van der Waals surface area (Å²) >= 11 is 0. The highest BCUT2D eigenvalue weighted by Gasteiger charge is 2.36. The zero-order chi connectivity index (χ0) is 24.5. The summed E-state index contributed by atoms with van der Waals surface area (Å²) in [5.41, 5.74) is 3.29. The maximum atomic E-state index is 13.6. The average Bonchev–Trinajstić information content (AvgIpc) is 3.01. The van der Waals surface area contributed by atoms with E-state index in [0.29, 0.717) is 31.8 Å². The van der Waals surface area contributed by atoms with Crippen molar-refractivity contribution in [3.05, 3.63) is 70.8 Å². The van der Waals surface area contributed by atoms with Crippen molar-refractivity contribution >= 4 is 17.3 Å². The van der Waals surface area contributed by atoms with Gasteiger partial charge in [-0.25, -0.2) is 15.0 Å². The van der Waals surface area contributed by atoms with Crippen molar-refractivity contribution < 1.29 is 13.2 Å². The lowest BCUT2D eigenvalue weighted by Gasteiger charge is -2.24. The molecule has 3 aromatic rings. The summed E-state index contributed by atoms with van der Waals surface area (Å²) in [6, 6.07) is 10.7. The first-order valence-corrected chi connectivity index (χ1v) is 11.7. The summed E-state index contributed by atoms with van der Waals surface area (Å²) in [6.07, 6.45) is -2.00. The van der Waals surface area contributed by atoms with Crippen molar-refractivity contribution in [2.45, 2.75) is 58.5 Å². The Hall–Kier alpha value is -3.16. The molecule has 1 aliphatic rings. The van der Waals surface area contributed by atoms with Crippen LogP contribution in [0.15, 0.2) is 42.6 Å². The molecule has 3 heterocycles. The third kappa shape index (κ3) is 5.16. The molecule has 0 saturated heterocycles. The predicted molar refractivity (Wildman–Crippen MR) is 129 cm³/mol. The number of aromatic nitrogens is 3. The SMILES string of the molecule is CC(C)c1ccc(Nc2nc(C(C)C)nc3c2CCN(c2ncccc2C(F)(F)F)CC3)cc1. The van der Waals surface area contributed by atoms with E-state index in [9.17, 15) is 13.2 Å². The van der Waals surface area contributed by atoms with Gasteiger partial charge in [0.15, 0.2) is 0 Å². The number of hydrogen-bond acceptors (Lipinski definition) is 5. The Morgan fingerprint density at radius 3 is 2.26 bits per heavy atom. The molecule has 2 aromatic heterocycles. The molecular weight excluding hydrogens is 439 g/mol. The first-order valence-electron chi connectivity index (χ1n) is 11.7. The maximum Gasteiger partial charge on any atom is 0.419 e. The van der Waals surface area contributed by atoms with Gasteiger partial charge in [0.25, 0.3) is 0 Å². The van der Waals surface area contributed by atoms with Gasteiger partial charge in [0.2, 0.25) is 0 Å². The Morgan fingerprint density at radius 2 is 1.62 bits per heavy atom. The van der Waals surface area contributed by atoms with E-state index in [1.165, 1.54) is 17.8 Å². The molecule has 34 heavy (non-hydrogen) atoms. The number of anilines is 3. The van der Waals surface area contributed by atoms with E-state index in [-0.39, 0.29) is 11.7 Å². The van der Waals surface area contributed by atoms with Crippen molar-refractivity contribution in [2.75, 3.05) is 23.3 Å². The van der Waals surface area contributed by atoms with E-state index < -0.39 is 11.7 Å². The Balaban J connectivity index is 1.66. The van der Waals surface area contributed by atoms with Crippen molar-refractivity contribution in [1.82, 2.24) is 15.0 Å². The number of alkyl halides is 3. The first kappa shape index (κ1) is 24.0. The highest BCUT2D eigenvalue weighted by Crippen LogP contribution is 2.36. The minimum Gasteiger partial charge on any atom is -0.355 e. The van der Waals surface area contributed by atoms with E-state index in [1.807, 2.05) is 26.0 Å². The van der Waals surface area contributed by atoms with Crippen LogP contribution in [0.1, 0.15) is 67.7 Å². The number of halogens is 3. The summed E-state index contributed by atoms with van der Waals surface area (Å²) < 4.78 is 40.8. The normalized spacial score (nSPS) is 14.3. The predicted octanol–water partition coefficient (Wildman–Crippen LogP) is 6.49. The molecule has 1 N–H and O–H groups in total. The minimum atomic E-state index is -4.46. The fraction of sp³-hybridized carbons (Fsp3) is 0.423. The quantitative estimate of drug-likeness (QED) is 0.463. The maximum absolute atomic E-state index is 13.6. The molecule has 4 rings (SSSR count). The van der Waals surface area contributed by atoms with Crippen LogP contribution in [0, 0.1) is 0 Å². The Bertz CT molecular complexity index is 1140.